The second kappa shape index (κ2) is 11.0. The standard InChI is InChI=1S/C28H29FN4O5S/c1-32(2)26-11-8-20(17-30-26)18-37-23-6-3-5-19(13-23)16-31-28(34)24-7-4-12-33(24)39(35,36)27-15-21-14-22(29)9-10-25(21)38-27/h3,5-6,8-11,13-15,17,24H,4,7,12,16,18H2,1-2H3,(H,31,34)/t24-/m0/s1. The van der Waals surface area contributed by atoms with E-state index < -0.39 is 27.8 Å². The van der Waals surface area contributed by atoms with Crippen molar-refractivity contribution in [1.29, 1.82) is 0 Å². The van der Waals surface area contributed by atoms with Crippen molar-refractivity contribution in [3.8, 4) is 5.75 Å². The van der Waals surface area contributed by atoms with Gasteiger partial charge >= 0.3 is 0 Å². The summed E-state index contributed by atoms with van der Waals surface area (Å²) in [5, 5.41) is 2.89. The van der Waals surface area contributed by atoms with Crippen molar-refractivity contribution in [2.75, 3.05) is 25.5 Å². The number of furan rings is 1. The van der Waals surface area contributed by atoms with Crippen LogP contribution in [0.2, 0.25) is 0 Å². The van der Waals surface area contributed by atoms with Gasteiger partial charge in [-0.1, -0.05) is 18.2 Å². The van der Waals surface area contributed by atoms with Crippen molar-refractivity contribution in [2.45, 2.75) is 37.1 Å². The van der Waals surface area contributed by atoms with Crippen LogP contribution in [0, 0.1) is 5.82 Å². The monoisotopic (exact) mass is 552 g/mol. The molecule has 3 heterocycles. The molecule has 1 saturated heterocycles. The van der Waals surface area contributed by atoms with Gasteiger partial charge in [0.15, 0.2) is 0 Å². The number of hydrogen-bond donors (Lipinski definition) is 1. The summed E-state index contributed by atoms with van der Waals surface area (Å²) < 4.78 is 52.7. The molecular formula is C28H29FN4O5S. The lowest BCUT2D eigenvalue weighted by Gasteiger charge is -2.22. The molecule has 11 heteroatoms. The molecule has 2 aromatic heterocycles. The average molecular weight is 553 g/mol. The summed E-state index contributed by atoms with van der Waals surface area (Å²) in [5.74, 6) is 0.621. The van der Waals surface area contributed by atoms with E-state index in [9.17, 15) is 17.6 Å². The van der Waals surface area contributed by atoms with E-state index >= 15 is 0 Å². The van der Waals surface area contributed by atoms with Crippen LogP contribution < -0.4 is 15.0 Å². The summed E-state index contributed by atoms with van der Waals surface area (Å²) in [6.07, 6.45) is 2.70. The van der Waals surface area contributed by atoms with Crippen LogP contribution in [0.5, 0.6) is 5.75 Å². The zero-order valence-electron chi connectivity index (χ0n) is 21.6. The smallest absolute Gasteiger partial charge is 0.277 e. The van der Waals surface area contributed by atoms with Gasteiger partial charge in [-0.05, 0) is 54.8 Å². The number of nitrogens with zero attached hydrogens (tertiary/aromatic N) is 3. The zero-order chi connectivity index (χ0) is 27.6. The minimum atomic E-state index is -4.08. The van der Waals surface area contributed by atoms with Gasteiger partial charge in [0.25, 0.3) is 10.0 Å². The topological polar surface area (TPSA) is 105 Å². The molecule has 0 unspecified atom stereocenters. The number of sulfonamides is 1. The third-order valence-corrected chi connectivity index (χ3v) is 8.33. The number of ether oxygens (including phenoxy) is 1. The quantitative estimate of drug-likeness (QED) is 0.334. The fourth-order valence-electron chi connectivity index (χ4n) is 4.51. The molecule has 1 atom stereocenters. The van der Waals surface area contributed by atoms with Gasteiger partial charge in [-0.3, -0.25) is 4.79 Å². The highest BCUT2D eigenvalue weighted by Gasteiger charge is 2.41. The van der Waals surface area contributed by atoms with E-state index in [1.807, 2.05) is 55.4 Å². The fraction of sp³-hybridized carbons (Fsp3) is 0.286. The molecule has 1 aliphatic heterocycles. The molecule has 1 fully saturated rings. The van der Waals surface area contributed by atoms with Crippen LogP contribution in [-0.2, 0) is 28.0 Å². The van der Waals surface area contributed by atoms with Crippen LogP contribution in [0.25, 0.3) is 11.0 Å². The Morgan fingerprint density at radius 2 is 2.00 bits per heavy atom. The Labute approximate surface area is 226 Å². The van der Waals surface area contributed by atoms with Crippen LogP contribution >= 0.6 is 0 Å². The lowest BCUT2D eigenvalue weighted by Crippen LogP contribution is -2.45. The van der Waals surface area contributed by atoms with Crippen LogP contribution in [0.3, 0.4) is 0 Å². The predicted molar refractivity (Wildman–Crippen MR) is 144 cm³/mol. The van der Waals surface area contributed by atoms with E-state index in [2.05, 4.69) is 10.3 Å². The number of aromatic nitrogens is 1. The van der Waals surface area contributed by atoms with Crippen molar-refractivity contribution >= 4 is 32.7 Å². The SMILES string of the molecule is CN(C)c1ccc(COc2cccc(CNC(=O)[C@@H]3CCCN3S(=O)(=O)c3cc4cc(F)ccc4o3)c2)cn1. The Hall–Kier alpha value is -3.96. The van der Waals surface area contributed by atoms with Gasteiger partial charge in [0.05, 0.1) is 0 Å². The molecular weight excluding hydrogens is 523 g/mol. The predicted octanol–water partition coefficient (Wildman–Crippen LogP) is 4.08. The third kappa shape index (κ3) is 5.89. The summed E-state index contributed by atoms with van der Waals surface area (Å²) in [6.45, 7) is 0.753. The van der Waals surface area contributed by atoms with Crippen molar-refractivity contribution in [1.82, 2.24) is 14.6 Å². The Morgan fingerprint density at radius 3 is 2.77 bits per heavy atom. The first-order chi connectivity index (χ1) is 18.7. The van der Waals surface area contributed by atoms with Gasteiger partial charge in [-0.2, -0.15) is 4.31 Å². The normalized spacial score (nSPS) is 15.9. The molecule has 5 rings (SSSR count). The molecule has 0 saturated carbocycles. The molecule has 0 bridgehead atoms. The zero-order valence-corrected chi connectivity index (χ0v) is 22.4. The summed E-state index contributed by atoms with van der Waals surface area (Å²) in [6, 6.07) is 15.5. The number of benzene rings is 2. The molecule has 2 aromatic carbocycles. The van der Waals surface area contributed by atoms with Crippen LogP contribution in [0.15, 0.2) is 76.4 Å². The van der Waals surface area contributed by atoms with Crippen LogP contribution in [0.4, 0.5) is 10.2 Å². The Bertz CT molecular complexity index is 1590. The van der Waals surface area contributed by atoms with E-state index in [1.165, 1.54) is 24.3 Å². The molecule has 0 spiro atoms. The number of carbonyl (C=O) groups is 1. The van der Waals surface area contributed by atoms with E-state index in [1.54, 1.807) is 6.20 Å². The third-order valence-electron chi connectivity index (χ3n) is 6.56. The van der Waals surface area contributed by atoms with E-state index in [-0.39, 0.29) is 23.8 Å². The number of fused-ring (bicyclic) bond motifs is 1. The van der Waals surface area contributed by atoms with Gasteiger partial charge < -0.3 is 19.4 Å². The van der Waals surface area contributed by atoms with Gasteiger partial charge in [0, 0.05) is 50.4 Å². The molecule has 1 N–H and O–H groups in total. The summed E-state index contributed by atoms with van der Waals surface area (Å²) in [5.41, 5.74) is 2.00. The van der Waals surface area contributed by atoms with Gasteiger partial charge in [0.1, 0.15) is 35.6 Å². The number of pyridine rings is 1. The van der Waals surface area contributed by atoms with Crippen molar-refractivity contribution < 1.29 is 26.8 Å². The second-order valence-corrected chi connectivity index (χ2v) is 11.4. The van der Waals surface area contributed by atoms with Crippen molar-refractivity contribution in [3.05, 3.63) is 83.8 Å². The molecule has 9 nitrogen and oxygen atoms in total. The maximum Gasteiger partial charge on any atom is 0.277 e. The molecule has 1 aliphatic rings. The van der Waals surface area contributed by atoms with Crippen LogP contribution in [-0.4, -0.2) is 50.3 Å². The van der Waals surface area contributed by atoms with Crippen LogP contribution in [0.1, 0.15) is 24.0 Å². The molecule has 4 aromatic rings. The lowest BCUT2D eigenvalue weighted by molar-refractivity contribution is -0.124. The van der Waals surface area contributed by atoms with Gasteiger partial charge in [0.2, 0.25) is 11.0 Å². The van der Waals surface area contributed by atoms with Crippen molar-refractivity contribution in [3.63, 3.8) is 0 Å². The molecule has 204 valence electrons. The molecule has 0 radical (unpaired) electrons. The first-order valence-electron chi connectivity index (χ1n) is 12.5. The highest BCUT2D eigenvalue weighted by molar-refractivity contribution is 7.89. The number of carbonyl (C=O) groups excluding carboxylic acids is 1. The maximum absolute atomic E-state index is 13.6. The number of anilines is 1. The minimum absolute atomic E-state index is 0.194. The number of halogens is 1. The minimum Gasteiger partial charge on any atom is -0.489 e. The second-order valence-electron chi connectivity index (χ2n) is 9.59. The first-order valence-corrected chi connectivity index (χ1v) is 14.0. The average Bonchev–Trinajstić information content (AvgIpc) is 3.59. The number of nitrogens with one attached hydrogen (secondary N) is 1. The summed E-state index contributed by atoms with van der Waals surface area (Å²) >= 11 is 0. The highest BCUT2D eigenvalue weighted by atomic mass is 32.2. The Morgan fingerprint density at radius 1 is 1.15 bits per heavy atom. The Balaban J connectivity index is 1.21. The van der Waals surface area contributed by atoms with Gasteiger partial charge in [-0.25, -0.2) is 17.8 Å². The summed E-state index contributed by atoms with van der Waals surface area (Å²) in [7, 11) is -0.230. The number of amides is 1. The van der Waals surface area contributed by atoms with E-state index in [4.69, 9.17) is 9.15 Å². The Kier molecular flexibility index (Phi) is 7.53. The fourth-order valence-corrected chi connectivity index (χ4v) is 6.12. The van der Waals surface area contributed by atoms with Gasteiger partial charge in [-0.15, -0.1) is 0 Å². The molecule has 39 heavy (non-hydrogen) atoms. The highest BCUT2D eigenvalue weighted by Crippen LogP contribution is 2.30. The maximum atomic E-state index is 13.6. The number of hydrogen-bond acceptors (Lipinski definition) is 7. The lowest BCUT2D eigenvalue weighted by atomic mass is 10.2. The largest absolute Gasteiger partial charge is 0.489 e. The molecule has 1 amide bonds. The van der Waals surface area contributed by atoms with E-state index in [0.717, 1.165) is 21.2 Å². The first kappa shape index (κ1) is 26.6. The number of rotatable bonds is 9. The summed E-state index contributed by atoms with van der Waals surface area (Å²) in [4.78, 5) is 19.4. The van der Waals surface area contributed by atoms with E-state index in [0.29, 0.717) is 30.6 Å². The van der Waals surface area contributed by atoms with Crippen molar-refractivity contribution in [2.24, 2.45) is 0 Å². The molecule has 0 aliphatic carbocycles.